The van der Waals surface area contributed by atoms with Crippen LogP contribution in [-0.4, -0.2) is 21.4 Å². The van der Waals surface area contributed by atoms with Crippen molar-refractivity contribution in [3.63, 3.8) is 0 Å². The SMILES string of the molecule is COC(=O)c1cc(C(F)(F)F)cc(O[Si](C)(C)C(C)(C)C)c1CBr. The van der Waals surface area contributed by atoms with Crippen LogP contribution in [0.15, 0.2) is 12.1 Å². The molecule has 3 nitrogen and oxygen atoms in total. The van der Waals surface area contributed by atoms with Gasteiger partial charge in [-0.2, -0.15) is 13.2 Å². The largest absolute Gasteiger partial charge is 0.543 e. The first kappa shape index (κ1) is 21.0. The Balaban J connectivity index is 3.60. The number of ether oxygens (including phenoxy) is 1. The third kappa shape index (κ3) is 4.53. The number of hydrogen-bond acceptors (Lipinski definition) is 3. The molecule has 1 aromatic rings. The predicted octanol–water partition coefficient (Wildman–Crippen LogP) is 5.77. The Morgan fingerprint density at radius 3 is 2.12 bits per heavy atom. The summed E-state index contributed by atoms with van der Waals surface area (Å²) in [5, 5.41) is -0.0181. The molecule has 0 N–H and O–H groups in total. The standard InChI is InChI=1S/C16H22BrF3O3Si/c1-15(2,3)24(5,6)23-13-8-10(16(18,19)20)7-11(12(13)9-17)14(21)22-4/h7-8H,9H2,1-6H3. The van der Waals surface area contributed by atoms with Crippen molar-refractivity contribution < 1.29 is 27.1 Å². The minimum absolute atomic E-state index is 0.0775. The highest BCUT2D eigenvalue weighted by Gasteiger charge is 2.41. The normalized spacial score (nSPS) is 12.9. The molecular formula is C16H22BrF3O3Si. The monoisotopic (exact) mass is 426 g/mol. The molecule has 0 saturated carbocycles. The third-order valence-corrected chi connectivity index (χ3v) is 9.15. The van der Waals surface area contributed by atoms with E-state index in [1.165, 1.54) is 0 Å². The molecule has 1 rings (SSSR count). The number of rotatable bonds is 4. The zero-order valence-corrected chi connectivity index (χ0v) is 17.2. The maximum atomic E-state index is 13.2. The fraction of sp³-hybridized carbons (Fsp3) is 0.562. The van der Waals surface area contributed by atoms with Crippen LogP contribution < -0.4 is 4.43 Å². The van der Waals surface area contributed by atoms with Crippen molar-refractivity contribution in [3.05, 3.63) is 28.8 Å². The molecule has 0 heterocycles. The van der Waals surface area contributed by atoms with Gasteiger partial charge in [0.15, 0.2) is 0 Å². The van der Waals surface area contributed by atoms with Gasteiger partial charge in [0.25, 0.3) is 0 Å². The molecule has 24 heavy (non-hydrogen) atoms. The summed E-state index contributed by atoms with van der Waals surface area (Å²) in [5.74, 6) is -0.746. The molecule has 0 aliphatic heterocycles. The summed E-state index contributed by atoms with van der Waals surface area (Å²) >= 11 is 3.24. The van der Waals surface area contributed by atoms with E-state index in [0.717, 1.165) is 19.2 Å². The fourth-order valence-electron chi connectivity index (χ4n) is 1.76. The predicted molar refractivity (Wildman–Crippen MR) is 93.2 cm³/mol. The molecule has 0 aliphatic rings. The first-order valence-corrected chi connectivity index (χ1v) is 11.3. The van der Waals surface area contributed by atoms with Crippen LogP contribution in [0.1, 0.15) is 42.3 Å². The smallest absolute Gasteiger partial charge is 0.416 e. The van der Waals surface area contributed by atoms with Crippen LogP contribution in [0, 0.1) is 0 Å². The Morgan fingerprint density at radius 2 is 1.75 bits per heavy atom. The van der Waals surface area contributed by atoms with Crippen molar-refractivity contribution in [1.29, 1.82) is 0 Å². The van der Waals surface area contributed by atoms with Crippen molar-refractivity contribution in [2.45, 2.75) is 50.4 Å². The van der Waals surface area contributed by atoms with Crippen molar-refractivity contribution in [2.75, 3.05) is 7.11 Å². The van der Waals surface area contributed by atoms with Gasteiger partial charge in [0.1, 0.15) is 5.75 Å². The van der Waals surface area contributed by atoms with E-state index in [2.05, 4.69) is 20.7 Å². The minimum Gasteiger partial charge on any atom is -0.543 e. The fourth-order valence-corrected chi connectivity index (χ4v) is 3.37. The van der Waals surface area contributed by atoms with Gasteiger partial charge in [-0.15, -0.1) is 0 Å². The number of alkyl halides is 4. The van der Waals surface area contributed by atoms with Crippen molar-refractivity contribution >= 4 is 30.2 Å². The number of benzene rings is 1. The molecule has 0 radical (unpaired) electrons. The molecular weight excluding hydrogens is 405 g/mol. The molecule has 0 fully saturated rings. The van der Waals surface area contributed by atoms with E-state index in [0.29, 0.717) is 5.56 Å². The summed E-state index contributed by atoms with van der Waals surface area (Å²) in [6.07, 6.45) is -4.58. The second-order valence-electron chi connectivity index (χ2n) is 6.99. The van der Waals surface area contributed by atoms with Crippen LogP contribution in [0.25, 0.3) is 0 Å². The van der Waals surface area contributed by atoms with Gasteiger partial charge >= 0.3 is 12.1 Å². The molecule has 0 aliphatic carbocycles. The lowest BCUT2D eigenvalue weighted by Gasteiger charge is -2.37. The van der Waals surface area contributed by atoms with Gasteiger partial charge < -0.3 is 9.16 Å². The zero-order chi connectivity index (χ0) is 18.9. The molecule has 1 aromatic carbocycles. The lowest BCUT2D eigenvalue weighted by Crippen LogP contribution is -2.44. The van der Waals surface area contributed by atoms with Crippen LogP contribution in [0.5, 0.6) is 5.75 Å². The van der Waals surface area contributed by atoms with E-state index in [1.807, 2.05) is 33.9 Å². The lowest BCUT2D eigenvalue weighted by molar-refractivity contribution is -0.137. The molecule has 8 heteroatoms. The maximum Gasteiger partial charge on any atom is 0.416 e. The van der Waals surface area contributed by atoms with Crippen molar-refractivity contribution in [1.82, 2.24) is 0 Å². The summed E-state index contributed by atoms with van der Waals surface area (Å²) in [7, 11) is -1.25. The van der Waals surface area contributed by atoms with Crippen LogP contribution in [0.4, 0.5) is 13.2 Å². The third-order valence-electron chi connectivity index (χ3n) is 4.25. The van der Waals surface area contributed by atoms with Gasteiger partial charge in [-0.05, 0) is 30.3 Å². The quantitative estimate of drug-likeness (QED) is 0.348. The molecule has 0 saturated heterocycles. The van der Waals surface area contributed by atoms with Crippen molar-refractivity contribution in [2.24, 2.45) is 0 Å². The molecule has 0 atom stereocenters. The van der Waals surface area contributed by atoms with E-state index >= 15 is 0 Å². The number of carbonyl (C=O) groups is 1. The van der Waals surface area contributed by atoms with Gasteiger partial charge in [0.05, 0.1) is 18.2 Å². The Kier molecular flexibility index (Phi) is 6.19. The van der Waals surface area contributed by atoms with E-state index in [4.69, 9.17) is 4.43 Å². The molecule has 0 spiro atoms. The molecule has 0 aromatic heterocycles. The number of halogens is 4. The molecule has 0 unspecified atom stereocenters. The van der Waals surface area contributed by atoms with Crippen LogP contribution in [0.3, 0.4) is 0 Å². The highest BCUT2D eigenvalue weighted by molar-refractivity contribution is 9.08. The topological polar surface area (TPSA) is 35.5 Å². The van der Waals surface area contributed by atoms with E-state index in [9.17, 15) is 18.0 Å². The average molecular weight is 427 g/mol. The van der Waals surface area contributed by atoms with Gasteiger partial charge in [-0.25, -0.2) is 4.79 Å². The Hall–Kier alpha value is -1.02. The number of hydrogen-bond donors (Lipinski definition) is 0. The highest BCUT2D eigenvalue weighted by atomic mass is 79.9. The zero-order valence-electron chi connectivity index (χ0n) is 14.6. The van der Waals surface area contributed by atoms with Crippen LogP contribution in [0.2, 0.25) is 18.1 Å². The summed E-state index contributed by atoms with van der Waals surface area (Å²) < 4.78 is 50.3. The summed E-state index contributed by atoms with van der Waals surface area (Å²) in [6.45, 7) is 9.83. The minimum atomic E-state index is -4.58. The average Bonchev–Trinajstić information content (AvgIpc) is 2.42. The first-order valence-electron chi connectivity index (χ1n) is 7.32. The highest BCUT2D eigenvalue weighted by Crippen LogP contribution is 2.41. The molecule has 0 amide bonds. The second-order valence-corrected chi connectivity index (χ2v) is 12.3. The van der Waals surface area contributed by atoms with Gasteiger partial charge in [0.2, 0.25) is 8.32 Å². The van der Waals surface area contributed by atoms with Crippen LogP contribution >= 0.6 is 15.9 Å². The Morgan fingerprint density at radius 1 is 1.21 bits per heavy atom. The van der Waals surface area contributed by atoms with Gasteiger partial charge in [-0.1, -0.05) is 36.7 Å². The summed E-state index contributed by atoms with van der Waals surface area (Å²) in [6, 6.07) is 1.77. The number of carbonyl (C=O) groups excluding carboxylic acids is 1. The number of esters is 1. The Labute approximate surface area is 149 Å². The van der Waals surface area contributed by atoms with E-state index < -0.39 is 26.0 Å². The van der Waals surface area contributed by atoms with Crippen molar-refractivity contribution in [3.8, 4) is 5.75 Å². The summed E-state index contributed by atoms with van der Waals surface area (Å²) in [4.78, 5) is 11.9. The Bertz CT molecular complexity index is 622. The maximum absolute atomic E-state index is 13.2. The first-order chi connectivity index (χ1) is 10.7. The van der Waals surface area contributed by atoms with E-state index in [-0.39, 0.29) is 21.7 Å². The number of methoxy groups -OCH3 is 1. The van der Waals surface area contributed by atoms with Gasteiger partial charge in [0, 0.05) is 10.9 Å². The lowest BCUT2D eigenvalue weighted by atomic mass is 10.0. The molecule has 0 bridgehead atoms. The molecule has 136 valence electrons. The van der Waals surface area contributed by atoms with Gasteiger partial charge in [-0.3, -0.25) is 0 Å². The van der Waals surface area contributed by atoms with E-state index in [1.54, 1.807) is 0 Å². The summed E-state index contributed by atoms with van der Waals surface area (Å²) in [5.41, 5.74) is -0.709. The van der Waals surface area contributed by atoms with Crippen LogP contribution in [-0.2, 0) is 16.2 Å². The second kappa shape index (κ2) is 7.07.